The van der Waals surface area contributed by atoms with E-state index in [1.807, 2.05) is 7.05 Å². The molecular weight excluding hydrogens is 110 g/mol. The van der Waals surface area contributed by atoms with Crippen molar-refractivity contribution in [1.82, 2.24) is 5.32 Å². The van der Waals surface area contributed by atoms with Gasteiger partial charge >= 0.3 is 0 Å². The average molecular weight is 123 g/mol. The van der Waals surface area contributed by atoms with Gasteiger partial charge in [-0.2, -0.15) is 0 Å². The summed E-state index contributed by atoms with van der Waals surface area (Å²) in [6, 6.07) is 0.459. The maximum absolute atomic E-state index is 3.15. The molecule has 0 bridgehead atoms. The Balaban J connectivity index is 2.48. The molecule has 0 atom stereocenters. The van der Waals surface area contributed by atoms with Crippen LogP contribution in [0.15, 0.2) is 24.3 Å². The van der Waals surface area contributed by atoms with E-state index in [2.05, 4.69) is 36.5 Å². The molecule has 1 rings (SSSR count). The van der Waals surface area contributed by atoms with Gasteiger partial charge in [0.15, 0.2) is 0 Å². The monoisotopic (exact) mass is 123 g/mol. The molecule has 0 saturated heterocycles. The predicted molar refractivity (Wildman–Crippen MR) is 40.3 cm³/mol. The zero-order valence-electron chi connectivity index (χ0n) is 5.96. The Kier molecular flexibility index (Phi) is 2.06. The summed E-state index contributed by atoms with van der Waals surface area (Å²) in [6.07, 6.45) is 8.79. The molecule has 50 valence electrons. The molecule has 1 nitrogen and oxygen atoms in total. The smallest absolute Gasteiger partial charge is 0.0433 e. The van der Waals surface area contributed by atoms with E-state index in [-0.39, 0.29) is 0 Å². The van der Waals surface area contributed by atoms with E-state index >= 15 is 0 Å². The van der Waals surface area contributed by atoms with Gasteiger partial charge in [-0.25, -0.2) is 0 Å². The molecule has 0 heterocycles. The second-order valence-corrected chi connectivity index (χ2v) is 2.44. The molecular formula is C8H13N. The zero-order valence-corrected chi connectivity index (χ0v) is 5.96. The van der Waals surface area contributed by atoms with Gasteiger partial charge in [0, 0.05) is 6.04 Å². The summed E-state index contributed by atoms with van der Waals surface area (Å²) >= 11 is 0. The van der Waals surface area contributed by atoms with Crippen LogP contribution in [-0.2, 0) is 0 Å². The van der Waals surface area contributed by atoms with Crippen molar-refractivity contribution < 1.29 is 0 Å². The second-order valence-electron chi connectivity index (χ2n) is 2.44. The molecule has 9 heavy (non-hydrogen) atoms. The van der Waals surface area contributed by atoms with Crippen LogP contribution in [0.2, 0.25) is 0 Å². The lowest BCUT2D eigenvalue weighted by Crippen LogP contribution is -2.21. The Bertz CT molecular complexity index is 122. The molecule has 0 aliphatic heterocycles. The van der Waals surface area contributed by atoms with E-state index in [1.165, 1.54) is 0 Å². The summed E-state index contributed by atoms with van der Waals surface area (Å²) in [6.45, 7) is 2.18. The first-order chi connectivity index (χ1) is 4.33. The molecule has 1 N–H and O–H groups in total. The Hall–Kier alpha value is -0.560. The summed E-state index contributed by atoms with van der Waals surface area (Å²) in [5.41, 5.74) is 0. The zero-order chi connectivity index (χ0) is 6.69. The molecule has 0 fully saturated rings. The van der Waals surface area contributed by atoms with Crippen LogP contribution in [0.5, 0.6) is 0 Å². The summed E-state index contributed by atoms with van der Waals surface area (Å²) in [7, 11) is 1.97. The fraction of sp³-hybridized carbons (Fsp3) is 0.500. The van der Waals surface area contributed by atoms with Gasteiger partial charge in [-0.1, -0.05) is 31.2 Å². The lowest BCUT2D eigenvalue weighted by molar-refractivity contribution is 0.753. The molecule has 0 unspecified atom stereocenters. The summed E-state index contributed by atoms with van der Waals surface area (Å²) in [4.78, 5) is 0. The summed E-state index contributed by atoms with van der Waals surface area (Å²) < 4.78 is 0. The summed E-state index contributed by atoms with van der Waals surface area (Å²) in [5.74, 6) is 0.620. The van der Waals surface area contributed by atoms with Crippen LogP contribution in [0, 0.1) is 5.92 Å². The van der Waals surface area contributed by atoms with Crippen molar-refractivity contribution >= 4 is 0 Å². The highest BCUT2D eigenvalue weighted by atomic mass is 14.8. The molecule has 0 radical (unpaired) electrons. The highest BCUT2D eigenvalue weighted by Crippen LogP contribution is 2.07. The predicted octanol–water partition coefficient (Wildman–Crippen LogP) is 1.34. The SMILES string of the molecule is CNC1C=CC(C)C=C1. The molecule has 0 saturated carbocycles. The number of hydrogen-bond acceptors (Lipinski definition) is 1. The van der Waals surface area contributed by atoms with E-state index in [9.17, 15) is 0 Å². The van der Waals surface area contributed by atoms with E-state index in [0.717, 1.165) is 0 Å². The van der Waals surface area contributed by atoms with Crippen LogP contribution in [0.25, 0.3) is 0 Å². The topological polar surface area (TPSA) is 12.0 Å². The van der Waals surface area contributed by atoms with Gasteiger partial charge in [-0.3, -0.25) is 0 Å². The van der Waals surface area contributed by atoms with Crippen molar-refractivity contribution in [3.8, 4) is 0 Å². The van der Waals surface area contributed by atoms with Gasteiger partial charge in [0.05, 0.1) is 0 Å². The third-order valence-electron chi connectivity index (χ3n) is 1.58. The third kappa shape index (κ3) is 1.68. The van der Waals surface area contributed by atoms with Crippen LogP contribution in [-0.4, -0.2) is 13.1 Å². The largest absolute Gasteiger partial charge is 0.310 e. The van der Waals surface area contributed by atoms with E-state index < -0.39 is 0 Å². The Labute approximate surface area is 56.5 Å². The highest BCUT2D eigenvalue weighted by molar-refractivity contribution is 5.15. The molecule has 0 aromatic rings. The number of likely N-dealkylation sites (N-methyl/N-ethyl adjacent to an activating group) is 1. The first-order valence-electron chi connectivity index (χ1n) is 3.37. The van der Waals surface area contributed by atoms with Crippen molar-refractivity contribution in [2.75, 3.05) is 7.05 Å². The van der Waals surface area contributed by atoms with Crippen molar-refractivity contribution in [2.24, 2.45) is 5.92 Å². The molecule has 1 aliphatic rings. The number of allylic oxidation sites excluding steroid dienone is 2. The van der Waals surface area contributed by atoms with Crippen LogP contribution in [0.4, 0.5) is 0 Å². The fourth-order valence-corrected chi connectivity index (χ4v) is 0.911. The first-order valence-corrected chi connectivity index (χ1v) is 3.37. The summed E-state index contributed by atoms with van der Waals surface area (Å²) in [5, 5.41) is 3.15. The minimum atomic E-state index is 0.459. The van der Waals surface area contributed by atoms with Crippen LogP contribution >= 0.6 is 0 Å². The van der Waals surface area contributed by atoms with Crippen molar-refractivity contribution in [3.63, 3.8) is 0 Å². The number of rotatable bonds is 1. The van der Waals surface area contributed by atoms with Crippen LogP contribution in [0.3, 0.4) is 0 Å². The molecule has 1 aliphatic carbocycles. The standard InChI is InChI=1S/C8H13N/c1-7-3-5-8(9-2)6-4-7/h3-9H,1-2H3. The van der Waals surface area contributed by atoms with Gasteiger partial charge in [-0.05, 0) is 13.0 Å². The van der Waals surface area contributed by atoms with Crippen molar-refractivity contribution in [2.45, 2.75) is 13.0 Å². The van der Waals surface area contributed by atoms with Gasteiger partial charge in [0.1, 0.15) is 0 Å². The Morgan fingerprint density at radius 2 is 1.67 bits per heavy atom. The minimum Gasteiger partial charge on any atom is -0.310 e. The van der Waals surface area contributed by atoms with Crippen LogP contribution < -0.4 is 5.32 Å². The van der Waals surface area contributed by atoms with Crippen LogP contribution in [0.1, 0.15) is 6.92 Å². The first kappa shape index (κ1) is 6.56. The normalized spacial score (nSPS) is 33.1. The van der Waals surface area contributed by atoms with E-state index in [1.54, 1.807) is 0 Å². The average Bonchev–Trinajstić information content (AvgIpc) is 1.90. The maximum Gasteiger partial charge on any atom is 0.0433 e. The number of nitrogens with one attached hydrogen (secondary N) is 1. The molecule has 0 aromatic heterocycles. The molecule has 1 heteroatoms. The lowest BCUT2D eigenvalue weighted by atomic mass is 10.0. The molecule has 0 spiro atoms. The lowest BCUT2D eigenvalue weighted by Gasteiger charge is -2.11. The molecule has 0 aromatic carbocycles. The van der Waals surface area contributed by atoms with E-state index in [4.69, 9.17) is 0 Å². The van der Waals surface area contributed by atoms with Gasteiger partial charge in [0.25, 0.3) is 0 Å². The maximum atomic E-state index is 3.15. The highest BCUT2D eigenvalue weighted by Gasteiger charge is 2.01. The molecule has 0 amide bonds. The van der Waals surface area contributed by atoms with Gasteiger partial charge in [0.2, 0.25) is 0 Å². The third-order valence-corrected chi connectivity index (χ3v) is 1.58. The van der Waals surface area contributed by atoms with Gasteiger partial charge < -0.3 is 5.32 Å². The second kappa shape index (κ2) is 2.83. The van der Waals surface area contributed by atoms with Crippen molar-refractivity contribution in [3.05, 3.63) is 24.3 Å². The Morgan fingerprint density at radius 3 is 2.11 bits per heavy atom. The number of hydrogen-bond donors (Lipinski definition) is 1. The van der Waals surface area contributed by atoms with Gasteiger partial charge in [-0.15, -0.1) is 0 Å². The van der Waals surface area contributed by atoms with Crippen molar-refractivity contribution in [1.29, 1.82) is 0 Å². The Morgan fingerprint density at radius 1 is 1.11 bits per heavy atom. The fourth-order valence-electron chi connectivity index (χ4n) is 0.911. The van der Waals surface area contributed by atoms with E-state index in [0.29, 0.717) is 12.0 Å². The minimum absolute atomic E-state index is 0.459. The quantitative estimate of drug-likeness (QED) is 0.519.